The Morgan fingerprint density at radius 3 is 2.58 bits per heavy atom. The van der Waals surface area contributed by atoms with Crippen LogP contribution in [0, 0.1) is 0 Å². The van der Waals surface area contributed by atoms with E-state index in [-0.39, 0.29) is 23.5 Å². The summed E-state index contributed by atoms with van der Waals surface area (Å²) in [6, 6.07) is 3.09. The van der Waals surface area contributed by atoms with Gasteiger partial charge < -0.3 is 10.1 Å². The molecule has 10 heteroatoms. The molecule has 1 fully saturated rings. The number of amides is 1. The third-order valence-electron chi connectivity index (χ3n) is 3.36. The van der Waals surface area contributed by atoms with Gasteiger partial charge in [0.05, 0.1) is 22.6 Å². The van der Waals surface area contributed by atoms with Crippen LogP contribution in [0.1, 0.15) is 22.3 Å². The monoisotopic (exact) mass is 365 g/mol. The summed E-state index contributed by atoms with van der Waals surface area (Å²) in [5.41, 5.74) is -1.33. The maximum atomic E-state index is 12.6. The lowest BCUT2D eigenvalue weighted by molar-refractivity contribution is -0.137. The van der Waals surface area contributed by atoms with Crippen molar-refractivity contribution in [2.24, 2.45) is 0 Å². The second kappa shape index (κ2) is 6.80. The lowest BCUT2D eigenvalue weighted by atomic mass is 10.1. The van der Waals surface area contributed by atoms with Crippen molar-refractivity contribution in [1.82, 2.24) is 5.32 Å². The van der Waals surface area contributed by atoms with Crippen LogP contribution in [0.25, 0.3) is 0 Å². The average molecular weight is 365 g/mol. The highest BCUT2D eigenvalue weighted by Crippen LogP contribution is 2.29. The zero-order valence-corrected chi connectivity index (χ0v) is 13.1. The first-order chi connectivity index (χ1) is 11.1. The van der Waals surface area contributed by atoms with Crippen molar-refractivity contribution < 1.29 is 35.9 Å². The normalized spacial score (nSPS) is 19.7. The van der Waals surface area contributed by atoms with Crippen molar-refractivity contribution in [2.45, 2.75) is 18.6 Å². The van der Waals surface area contributed by atoms with E-state index in [9.17, 15) is 31.2 Å². The Morgan fingerprint density at radius 1 is 1.29 bits per heavy atom. The maximum absolute atomic E-state index is 12.6. The molecule has 1 aliphatic heterocycles. The zero-order valence-electron chi connectivity index (χ0n) is 12.3. The minimum atomic E-state index is -4.60. The summed E-state index contributed by atoms with van der Waals surface area (Å²) in [6.45, 7) is -0.703. The number of alkyl halides is 3. The molecular formula is C14H14F3NO5S. The highest BCUT2D eigenvalue weighted by molar-refractivity contribution is 7.91. The van der Waals surface area contributed by atoms with Gasteiger partial charge in [-0.25, -0.2) is 13.2 Å². The summed E-state index contributed by atoms with van der Waals surface area (Å²) in [6.07, 6.45) is -4.32. The van der Waals surface area contributed by atoms with Gasteiger partial charge in [-0.2, -0.15) is 13.2 Å². The molecule has 2 rings (SSSR count). The number of rotatable bonds is 4. The Labute approximate surface area is 135 Å². The minimum absolute atomic E-state index is 0.0258. The van der Waals surface area contributed by atoms with Crippen molar-refractivity contribution in [3.05, 3.63) is 35.4 Å². The standard InChI is InChI=1S/C14H14F3NO5S/c15-14(16,17)10-3-1-2-9(6-10)13(20)23-7-12(19)18-11-4-5-24(21,22)8-11/h1-3,6,11H,4-5,7-8H2,(H,18,19). The van der Waals surface area contributed by atoms with Crippen molar-refractivity contribution in [3.63, 3.8) is 0 Å². The number of hydrogen-bond donors (Lipinski definition) is 1. The van der Waals surface area contributed by atoms with Gasteiger partial charge in [0.25, 0.3) is 5.91 Å². The molecule has 0 saturated carbocycles. The molecule has 1 aromatic rings. The van der Waals surface area contributed by atoms with Crippen molar-refractivity contribution in [1.29, 1.82) is 0 Å². The molecule has 0 spiro atoms. The van der Waals surface area contributed by atoms with Crippen LogP contribution >= 0.6 is 0 Å². The fourth-order valence-corrected chi connectivity index (χ4v) is 3.89. The van der Waals surface area contributed by atoms with Crippen LogP contribution in [-0.4, -0.2) is 44.4 Å². The number of sulfone groups is 1. The van der Waals surface area contributed by atoms with Crippen LogP contribution < -0.4 is 5.32 Å². The third kappa shape index (κ3) is 4.95. The van der Waals surface area contributed by atoms with Crippen LogP contribution in [-0.2, 0) is 25.5 Å². The summed E-state index contributed by atoms with van der Waals surface area (Å²) in [5.74, 6) is -1.99. The third-order valence-corrected chi connectivity index (χ3v) is 5.13. The molecular weight excluding hydrogens is 351 g/mol. The van der Waals surface area contributed by atoms with Crippen LogP contribution in [0.5, 0.6) is 0 Å². The van der Waals surface area contributed by atoms with Gasteiger partial charge in [0.1, 0.15) is 0 Å². The fraction of sp³-hybridized carbons (Fsp3) is 0.429. The number of nitrogens with one attached hydrogen (secondary N) is 1. The van der Waals surface area contributed by atoms with Gasteiger partial charge in [0, 0.05) is 6.04 Å². The first kappa shape index (κ1) is 18.2. The van der Waals surface area contributed by atoms with Gasteiger partial charge in [-0.05, 0) is 24.6 Å². The lowest BCUT2D eigenvalue weighted by Gasteiger charge is -2.11. The Kier molecular flexibility index (Phi) is 5.16. The van der Waals surface area contributed by atoms with Crippen LogP contribution in [0.2, 0.25) is 0 Å². The fourth-order valence-electron chi connectivity index (χ4n) is 2.22. The second-order valence-electron chi connectivity index (χ2n) is 5.32. The van der Waals surface area contributed by atoms with Gasteiger partial charge in [0.15, 0.2) is 16.4 Å². The van der Waals surface area contributed by atoms with E-state index in [0.717, 1.165) is 18.2 Å². The number of halogens is 3. The molecule has 132 valence electrons. The molecule has 0 aliphatic carbocycles. The predicted octanol–water partition coefficient (Wildman–Crippen LogP) is 1.17. The topological polar surface area (TPSA) is 89.5 Å². The van der Waals surface area contributed by atoms with Crippen molar-refractivity contribution in [3.8, 4) is 0 Å². The molecule has 6 nitrogen and oxygen atoms in total. The molecule has 1 unspecified atom stereocenters. The van der Waals surface area contributed by atoms with E-state index in [2.05, 4.69) is 10.1 Å². The summed E-state index contributed by atoms with van der Waals surface area (Å²) >= 11 is 0. The van der Waals surface area contributed by atoms with Crippen LogP contribution in [0.4, 0.5) is 13.2 Å². The molecule has 1 amide bonds. The smallest absolute Gasteiger partial charge is 0.416 e. The molecule has 0 radical (unpaired) electrons. The minimum Gasteiger partial charge on any atom is -0.452 e. The largest absolute Gasteiger partial charge is 0.452 e. The molecule has 0 bridgehead atoms. The summed E-state index contributed by atoms with van der Waals surface area (Å²) < 4.78 is 64.9. The second-order valence-corrected chi connectivity index (χ2v) is 7.55. The molecule has 1 atom stereocenters. The average Bonchev–Trinajstić information content (AvgIpc) is 2.83. The Balaban J connectivity index is 1.88. The summed E-state index contributed by atoms with van der Waals surface area (Å²) in [5, 5.41) is 2.40. The number of hydrogen-bond acceptors (Lipinski definition) is 5. The van der Waals surface area contributed by atoms with Gasteiger partial charge in [-0.3, -0.25) is 4.79 Å². The van der Waals surface area contributed by atoms with Crippen molar-refractivity contribution >= 4 is 21.7 Å². The molecule has 24 heavy (non-hydrogen) atoms. The number of esters is 1. The van der Waals surface area contributed by atoms with Crippen LogP contribution in [0.3, 0.4) is 0 Å². The molecule has 1 aromatic carbocycles. The number of carbonyl (C=O) groups is 2. The SMILES string of the molecule is O=C(COC(=O)c1cccc(C(F)(F)F)c1)NC1CCS(=O)(=O)C1. The van der Waals surface area contributed by atoms with Gasteiger partial charge in [0.2, 0.25) is 0 Å². The molecule has 1 saturated heterocycles. The van der Waals surface area contributed by atoms with E-state index in [1.807, 2.05) is 0 Å². The Morgan fingerprint density at radius 2 is 2.00 bits per heavy atom. The Hall–Kier alpha value is -2.10. The highest BCUT2D eigenvalue weighted by atomic mass is 32.2. The van der Waals surface area contributed by atoms with E-state index in [1.54, 1.807) is 0 Å². The van der Waals surface area contributed by atoms with E-state index >= 15 is 0 Å². The molecule has 1 aliphatic rings. The Bertz CT molecular complexity index is 745. The van der Waals surface area contributed by atoms with Crippen molar-refractivity contribution in [2.75, 3.05) is 18.1 Å². The van der Waals surface area contributed by atoms with E-state index in [4.69, 9.17) is 0 Å². The molecule has 1 heterocycles. The van der Waals surface area contributed by atoms with Crippen LogP contribution in [0.15, 0.2) is 24.3 Å². The maximum Gasteiger partial charge on any atom is 0.416 e. The van der Waals surface area contributed by atoms with E-state index in [1.165, 1.54) is 0 Å². The van der Waals surface area contributed by atoms with Gasteiger partial charge in [-0.1, -0.05) is 6.07 Å². The summed E-state index contributed by atoms with van der Waals surface area (Å²) in [7, 11) is -3.16. The summed E-state index contributed by atoms with van der Waals surface area (Å²) in [4.78, 5) is 23.3. The first-order valence-electron chi connectivity index (χ1n) is 6.91. The highest BCUT2D eigenvalue weighted by Gasteiger charge is 2.31. The number of ether oxygens (including phenoxy) is 1. The predicted molar refractivity (Wildman–Crippen MR) is 76.9 cm³/mol. The number of benzene rings is 1. The number of carbonyl (C=O) groups excluding carboxylic acids is 2. The van der Waals surface area contributed by atoms with Gasteiger partial charge in [-0.15, -0.1) is 0 Å². The first-order valence-corrected chi connectivity index (χ1v) is 8.73. The van der Waals surface area contributed by atoms with E-state index < -0.39 is 46.1 Å². The zero-order chi connectivity index (χ0) is 18.0. The molecule has 0 aromatic heterocycles. The van der Waals surface area contributed by atoms with E-state index in [0.29, 0.717) is 6.07 Å². The molecule has 1 N–H and O–H groups in total. The quantitative estimate of drug-likeness (QED) is 0.809. The lowest BCUT2D eigenvalue weighted by Crippen LogP contribution is -2.38. The van der Waals surface area contributed by atoms with Gasteiger partial charge >= 0.3 is 12.1 Å².